The van der Waals surface area contributed by atoms with Crippen molar-refractivity contribution in [3.63, 3.8) is 0 Å². The number of nitrogens with zero attached hydrogens (tertiary/aromatic N) is 2. The number of rotatable bonds is 5. The van der Waals surface area contributed by atoms with E-state index in [1.54, 1.807) is 66.1 Å². The Morgan fingerprint density at radius 3 is 2.40 bits per heavy atom. The van der Waals surface area contributed by atoms with E-state index in [4.69, 9.17) is 0 Å². The number of hydrogen-bond acceptors (Lipinski definition) is 3. The minimum absolute atomic E-state index is 0.0932. The highest BCUT2D eigenvalue weighted by Gasteiger charge is 2.30. The molecule has 0 saturated carbocycles. The first-order chi connectivity index (χ1) is 16.7. The van der Waals surface area contributed by atoms with Gasteiger partial charge in [-0.1, -0.05) is 42.5 Å². The summed E-state index contributed by atoms with van der Waals surface area (Å²) in [5, 5.41) is 12.0. The number of amides is 1. The summed E-state index contributed by atoms with van der Waals surface area (Å²) in [5.74, 6) is -1.09. The highest BCUT2D eigenvalue weighted by atomic mass is 19.4. The fraction of sp³-hybridized carbons (Fsp3) is 0.0741. The van der Waals surface area contributed by atoms with Crippen LogP contribution in [0.5, 0.6) is 0 Å². The summed E-state index contributed by atoms with van der Waals surface area (Å²) < 4.78 is 40.7. The van der Waals surface area contributed by atoms with Crippen LogP contribution < -0.4 is 5.32 Å². The van der Waals surface area contributed by atoms with E-state index in [9.17, 15) is 28.0 Å². The van der Waals surface area contributed by atoms with Crippen LogP contribution in [0.25, 0.3) is 11.6 Å². The maximum absolute atomic E-state index is 13.3. The lowest BCUT2D eigenvalue weighted by Gasteiger charge is -2.09. The van der Waals surface area contributed by atoms with Gasteiger partial charge < -0.3 is 9.72 Å². The molecule has 1 amide bonds. The Balaban J connectivity index is 1.75. The van der Waals surface area contributed by atoms with Gasteiger partial charge in [0, 0.05) is 23.0 Å². The molecule has 0 atom stereocenters. The summed E-state index contributed by atoms with van der Waals surface area (Å²) in [7, 11) is 0. The van der Waals surface area contributed by atoms with Gasteiger partial charge in [0.25, 0.3) is 5.91 Å². The van der Waals surface area contributed by atoms with E-state index in [0.29, 0.717) is 27.9 Å². The van der Waals surface area contributed by atoms with Crippen molar-refractivity contribution in [2.45, 2.75) is 13.1 Å². The maximum atomic E-state index is 13.3. The lowest BCUT2D eigenvalue weighted by Crippen LogP contribution is -2.14. The molecule has 4 aromatic rings. The molecular weight excluding hydrogens is 455 g/mol. The average Bonchev–Trinajstić information content (AvgIpc) is 3.13. The van der Waals surface area contributed by atoms with Crippen LogP contribution in [0, 0.1) is 18.3 Å². The first kappa shape index (κ1) is 23.5. The van der Waals surface area contributed by atoms with Crippen molar-refractivity contribution in [3.05, 3.63) is 113 Å². The van der Waals surface area contributed by atoms with Crippen LogP contribution in [0.4, 0.5) is 18.9 Å². The number of alkyl halides is 3. The maximum Gasteiger partial charge on any atom is 0.416 e. The molecule has 2 aromatic carbocycles. The third-order valence-corrected chi connectivity index (χ3v) is 5.49. The number of fused-ring (bicyclic) bond motifs is 1. The molecule has 1 N–H and O–H groups in total. The fourth-order valence-corrected chi connectivity index (χ4v) is 3.81. The molecule has 0 radical (unpaired) electrons. The lowest BCUT2D eigenvalue weighted by molar-refractivity contribution is -0.137. The number of carbonyl (C=O) groups excluding carboxylic acids is 2. The lowest BCUT2D eigenvalue weighted by atomic mass is 10.0. The molecule has 8 heteroatoms. The number of hydrogen-bond donors (Lipinski definition) is 1. The Bertz CT molecular complexity index is 1510. The Morgan fingerprint density at radius 2 is 1.71 bits per heavy atom. The van der Waals surface area contributed by atoms with Crippen molar-refractivity contribution in [2.24, 2.45) is 0 Å². The first-order valence-corrected chi connectivity index (χ1v) is 10.5. The van der Waals surface area contributed by atoms with Crippen LogP contribution in [-0.2, 0) is 11.0 Å². The number of carbonyl (C=O) groups is 2. The minimum atomic E-state index is -4.57. The van der Waals surface area contributed by atoms with Gasteiger partial charge in [0.2, 0.25) is 5.78 Å². The Morgan fingerprint density at radius 1 is 1.00 bits per heavy atom. The molecule has 0 bridgehead atoms. The highest BCUT2D eigenvalue weighted by molar-refractivity contribution is 6.13. The molecule has 2 aromatic heterocycles. The number of nitrogens with one attached hydrogen (secondary N) is 1. The Kier molecular flexibility index (Phi) is 6.26. The number of aromatic nitrogens is 1. The number of halogens is 3. The van der Waals surface area contributed by atoms with Crippen LogP contribution in [0.2, 0.25) is 0 Å². The van der Waals surface area contributed by atoms with Crippen LogP contribution in [0.3, 0.4) is 0 Å². The SMILES string of the molecule is Cc1c(/C=C(\C#N)C(=O)Nc2cccc(C(F)(F)F)c2)c2ccccn2c1C(=O)c1ccccc1. The normalized spacial score (nSPS) is 11.8. The standard InChI is InChI=1S/C27H18F3N3O2/c1-17-22(14-19(16-31)26(35)32-21-11-7-10-20(15-21)27(28,29)30)23-12-5-6-13-33(23)24(17)25(34)18-8-3-2-4-9-18/h2-15H,1H3,(H,32,35)/b19-14+. The van der Waals surface area contributed by atoms with Gasteiger partial charge in [-0.15, -0.1) is 0 Å². The third kappa shape index (κ3) is 4.70. The second kappa shape index (κ2) is 9.31. The quantitative estimate of drug-likeness (QED) is 0.218. The van der Waals surface area contributed by atoms with Crippen molar-refractivity contribution < 1.29 is 22.8 Å². The van der Waals surface area contributed by atoms with E-state index in [-0.39, 0.29) is 17.0 Å². The molecule has 0 unspecified atom stereocenters. The van der Waals surface area contributed by atoms with Crippen molar-refractivity contribution in [3.8, 4) is 6.07 Å². The van der Waals surface area contributed by atoms with E-state index in [0.717, 1.165) is 12.1 Å². The van der Waals surface area contributed by atoms with Gasteiger partial charge in [-0.3, -0.25) is 9.59 Å². The largest absolute Gasteiger partial charge is 0.416 e. The summed E-state index contributed by atoms with van der Waals surface area (Å²) in [6.07, 6.45) is -1.52. The number of benzene rings is 2. The van der Waals surface area contributed by atoms with Gasteiger partial charge in [0.05, 0.1) is 16.8 Å². The van der Waals surface area contributed by atoms with Crippen LogP contribution in [0.1, 0.15) is 32.7 Å². The second-order valence-corrected chi connectivity index (χ2v) is 7.74. The highest BCUT2D eigenvalue weighted by Crippen LogP contribution is 2.31. The number of anilines is 1. The van der Waals surface area contributed by atoms with E-state index in [1.807, 2.05) is 6.07 Å². The monoisotopic (exact) mass is 473 g/mol. The fourth-order valence-electron chi connectivity index (χ4n) is 3.81. The molecule has 4 rings (SSSR count). The zero-order chi connectivity index (χ0) is 25.2. The zero-order valence-electron chi connectivity index (χ0n) is 18.4. The smallest absolute Gasteiger partial charge is 0.321 e. The summed E-state index contributed by atoms with van der Waals surface area (Å²) >= 11 is 0. The molecule has 35 heavy (non-hydrogen) atoms. The average molecular weight is 473 g/mol. The van der Waals surface area contributed by atoms with E-state index < -0.39 is 17.6 Å². The van der Waals surface area contributed by atoms with Gasteiger partial charge in [0.1, 0.15) is 11.6 Å². The van der Waals surface area contributed by atoms with Gasteiger partial charge >= 0.3 is 6.18 Å². The molecule has 0 aliphatic heterocycles. The molecule has 5 nitrogen and oxygen atoms in total. The van der Waals surface area contributed by atoms with Crippen molar-refractivity contribution in [1.29, 1.82) is 5.26 Å². The van der Waals surface area contributed by atoms with Crippen molar-refractivity contribution in [2.75, 3.05) is 5.32 Å². The number of pyridine rings is 1. The van der Waals surface area contributed by atoms with Crippen molar-refractivity contribution in [1.82, 2.24) is 4.40 Å². The Labute approximate surface area is 198 Å². The third-order valence-electron chi connectivity index (χ3n) is 5.49. The summed E-state index contributed by atoms with van der Waals surface area (Å²) in [6, 6.07) is 19.9. The van der Waals surface area contributed by atoms with Gasteiger partial charge in [-0.25, -0.2) is 0 Å². The molecule has 0 aliphatic rings. The predicted octanol–water partition coefficient (Wildman–Crippen LogP) is 6.04. The summed E-state index contributed by atoms with van der Waals surface area (Å²) in [6.45, 7) is 1.72. The summed E-state index contributed by atoms with van der Waals surface area (Å²) in [5.41, 5.74) is 1.18. The van der Waals surface area contributed by atoms with Gasteiger partial charge in [-0.2, -0.15) is 18.4 Å². The molecule has 0 spiro atoms. The van der Waals surface area contributed by atoms with E-state index in [2.05, 4.69) is 5.32 Å². The molecule has 2 heterocycles. The van der Waals surface area contributed by atoms with Gasteiger partial charge in [0.15, 0.2) is 0 Å². The first-order valence-electron chi connectivity index (χ1n) is 10.5. The molecule has 0 aliphatic carbocycles. The summed E-state index contributed by atoms with van der Waals surface area (Å²) in [4.78, 5) is 26.0. The van der Waals surface area contributed by atoms with E-state index in [1.165, 1.54) is 18.2 Å². The molecular formula is C27H18F3N3O2. The van der Waals surface area contributed by atoms with Crippen molar-refractivity contribution >= 4 is 29.0 Å². The van der Waals surface area contributed by atoms with Crippen LogP contribution in [0.15, 0.2) is 84.6 Å². The Hall–Kier alpha value is -4.64. The molecule has 0 fully saturated rings. The van der Waals surface area contributed by atoms with Crippen LogP contribution in [-0.4, -0.2) is 16.1 Å². The predicted molar refractivity (Wildman–Crippen MR) is 126 cm³/mol. The topological polar surface area (TPSA) is 74.4 Å². The minimum Gasteiger partial charge on any atom is -0.321 e. The second-order valence-electron chi connectivity index (χ2n) is 7.74. The van der Waals surface area contributed by atoms with Gasteiger partial charge in [-0.05, 0) is 48.9 Å². The zero-order valence-corrected chi connectivity index (χ0v) is 18.4. The number of nitriles is 1. The van der Waals surface area contributed by atoms with Crippen LogP contribution >= 0.6 is 0 Å². The van der Waals surface area contributed by atoms with E-state index >= 15 is 0 Å². The molecule has 0 saturated heterocycles. The number of ketones is 1. The molecule has 174 valence electrons.